The van der Waals surface area contributed by atoms with Gasteiger partial charge in [0.2, 0.25) is 5.78 Å². The number of ether oxygens (including phenoxy) is 1. The Balaban J connectivity index is 1.87. The third kappa shape index (κ3) is 3.82. The number of nitrogens with zero attached hydrogens (tertiary/aromatic N) is 1. The Morgan fingerprint density at radius 1 is 1.00 bits per heavy atom. The van der Waals surface area contributed by atoms with Crippen molar-refractivity contribution in [2.45, 2.75) is 6.92 Å². The van der Waals surface area contributed by atoms with E-state index in [0.29, 0.717) is 16.7 Å². The van der Waals surface area contributed by atoms with Crippen LogP contribution in [0, 0.1) is 5.82 Å². The molecule has 2 aromatic carbocycles. The molecule has 0 spiro atoms. The standard InChI is InChI=1S/C24H16Cl2FNO3/c1-2-31-24(30)15-10-8-14(9-11-15)16-13-20(28-12-4-7-19(27)22(16)28)23(29)21-17(25)5-3-6-18(21)26/h3-13H,2H2,1H3. The van der Waals surface area contributed by atoms with Gasteiger partial charge in [-0.2, -0.15) is 0 Å². The maximum Gasteiger partial charge on any atom is 0.338 e. The quantitative estimate of drug-likeness (QED) is 0.256. The first-order chi connectivity index (χ1) is 14.9. The lowest BCUT2D eigenvalue weighted by molar-refractivity contribution is 0.0526. The zero-order chi connectivity index (χ0) is 22.1. The molecular formula is C24H16Cl2FNO3. The summed E-state index contributed by atoms with van der Waals surface area (Å²) < 4.78 is 21.3. The molecule has 0 amide bonds. The van der Waals surface area contributed by atoms with Crippen LogP contribution in [0.15, 0.2) is 66.9 Å². The maximum absolute atomic E-state index is 14.8. The highest BCUT2D eigenvalue weighted by Crippen LogP contribution is 2.33. The fourth-order valence-corrected chi connectivity index (χ4v) is 4.02. The van der Waals surface area contributed by atoms with Gasteiger partial charge in [-0.15, -0.1) is 0 Å². The molecule has 4 rings (SSSR count). The highest BCUT2D eigenvalue weighted by atomic mass is 35.5. The van der Waals surface area contributed by atoms with Crippen molar-refractivity contribution >= 4 is 40.5 Å². The fraction of sp³-hybridized carbons (Fsp3) is 0.0833. The summed E-state index contributed by atoms with van der Waals surface area (Å²) in [6.07, 6.45) is 1.60. The Labute approximate surface area is 187 Å². The van der Waals surface area contributed by atoms with Crippen LogP contribution < -0.4 is 0 Å². The summed E-state index contributed by atoms with van der Waals surface area (Å²) >= 11 is 12.4. The number of benzene rings is 2. The first-order valence-electron chi connectivity index (χ1n) is 9.48. The van der Waals surface area contributed by atoms with Crippen LogP contribution in [0.2, 0.25) is 10.0 Å². The van der Waals surface area contributed by atoms with E-state index in [2.05, 4.69) is 0 Å². The molecule has 7 heteroatoms. The Bertz CT molecular complexity index is 1290. The van der Waals surface area contributed by atoms with Crippen LogP contribution in [-0.2, 0) is 4.74 Å². The van der Waals surface area contributed by atoms with E-state index < -0.39 is 17.6 Å². The minimum absolute atomic E-state index is 0.152. The molecule has 0 saturated carbocycles. The molecule has 2 heterocycles. The predicted octanol–water partition coefficient (Wildman–Crippen LogP) is 6.46. The normalized spacial score (nSPS) is 11.0. The smallest absolute Gasteiger partial charge is 0.338 e. The summed E-state index contributed by atoms with van der Waals surface area (Å²) in [6, 6.07) is 15.8. The van der Waals surface area contributed by atoms with Crippen molar-refractivity contribution in [1.29, 1.82) is 0 Å². The highest BCUT2D eigenvalue weighted by Gasteiger charge is 2.23. The second kappa shape index (κ2) is 8.53. The highest BCUT2D eigenvalue weighted by molar-refractivity contribution is 6.41. The minimum atomic E-state index is -0.490. The van der Waals surface area contributed by atoms with Gasteiger partial charge in [0.25, 0.3) is 0 Å². The van der Waals surface area contributed by atoms with E-state index in [1.54, 1.807) is 61.7 Å². The summed E-state index contributed by atoms with van der Waals surface area (Å²) in [6.45, 7) is 2.00. The molecule has 156 valence electrons. The number of carbonyl (C=O) groups is 2. The summed E-state index contributed by atoms with van der Waals surface area (Å²) in [4.78, 5) is 25.2. The van der Waals surface area contributed by atoms with Crippen LogP contribution in [0.1, 0.15) is 33.3 Å². The Kier molecular flexibility index (Phi) is 5.81. The number of hydrogen-bond donors (Lipinski definition) is 0. The van der Waals surface area contributed by atoms with Gasteiger partial charge in [0, 0.05) is 11.8 Å². The van der Waals surface area contributed by atoms with Crippen LogP contribution in [0.25, 0.3) is 16.6 Å². The van der Waals surface area contributed by atoms with Crippen LogP contribution in [0.5, 0.6) is 0 Å². The molecule has 4 aromatic rings. The van der Waals surface area contributed by atoms with E-state index in [-0.39, 0.29) is 33.4 Å². The topological polar surface area (TPSA) is 47.8 Å². The second-order valence-electron chi connectivity index (χ2n) is 6.74. The number of ketones is 1. The van der Waals surface area contributed by atoms with Gasteiger partial charge in [0.05, 0.1) is 39.0 Å². The van der Waals surface area contributed by atoms with Crippen molar-refractivity contribution in [1.82, 2.24) is 4.40 Å². The molecule has 0 N–H and O–H groups in total. The van der Waals surface area contributed by atoms with E-state index >= 15 is 0 Å². The van der Waals surface area contributed by atoms with Gasteiger partial charge in [-0.25, -0.2) is 9.18 Å². The van der Waals surface area contributed by atoms with Gasteiger partial charge >= 0.3 is 5.97 Å². The van der Waals surface area contributed by atoms with Gasteiger partial charge in [-0.1, -0.05) is 41.4 Å². The van der Waals surface area contributed by atoms with Gasteiger partial charge in [0.15, 0.2) is 0 Å². The van der Waals surface area contributed by atoms with E-state index in [1.807, 2.05) is 0 Å². The third-order valence-electron chi connectivity index (χ3n) is 4.87. The number of carbonyl (C=O) groups excluding carboxylic acids is 2. The van der Waals surface area contributed by atoms with Crippen molar-refractivity contribution in [3.8, 4) is 11.1 Å². The SMILES string of the molecule is CCOC(=O)c1ccc(-c2cc(C(=O)c3c(Cl)cccc3Cl)n3cccc(F)c23)cc1. The van der Waals surface area contributed by atoms with Crippen LogP contribution >= 0.6 is 23.2 Å². The summed E-state index contributed by atoms with van der Waals surface area (Å²) in [5.41, 5.74) is 2.12. The summed E-state index contributed by atoms with van der Waals surface area (Å²) in [5, 5.41) is 0.424. The monoisotopic (exact) mass is 455 g/mol. The molecular weight excluding hydrogens is 440 g/mol. The molecule has 0 unspecified atom stereocenters. The molecule has 2 aromatic heterocycles. The van der Waals surface area contributed by atoms with Crippen molar-refractivity contribution < 1.29 is 18.7 Å². The van der Waals surface area contributed by atoms with Crippen molar-refractivity contribution in [3.05, 3.63) is 99.5 Å². The maximum atomic E-state index is 14.8. The third-order valence-corrected chi connectivity index (χ3v) is 5.50. The number of aromatic nitrogens is 1. The Morgan fingerprint density at radius 2 is 1.68 bits per heavy atom. The zero-order valence-electron chi connectivity index (χ0n) is 16.4. The molecule has 0 radical (unpaired) electrons. The van der Waals surface area contributed by atoms with E-state index in [1.165, 1.54) is 16.5 Å². The Morgan fingerprint density at radius 3 is 2.32 bits per heavy atom. The van der Waals surface area contributed by atoms with E-state index in [0.717, 1.165) is 0 Å². The average molecular weight is 456 g/mol. The number of rotatable bonds is 5. The molecule has 0 aliphatic heterocycles. The van der Waals surface area contributed by atoms with Gasteiger partial charge < -0.3 is 9.14 Å². The zero-order valence-corrected chi connectivity index (χ0v) is 17.9. The molecule has 0 bridgehead atoms. The summed E-state index contributed by atoms with van der Waals surface area (Å²) in [5.74, 6) is -1.35. The number of halogens is 3. The van der Waals surface area contributed by atoms with Gasteiger partial charge in [-0.3, -0.25) is 4.79 Å². The molecule has 0 saturated heterocycles. The number of hydrogen-bond acceptors (Lipinski definition) is 3. The predicted molar refractivity (Wildman–Crippen MR) is 119 cm³/mol. The number of fused-ring (bicyclic) bond motifs is 1. The second-order valence-corrected chi connectivity index (χ2v) is 7.56. The molecule has 0 atom stereocenters. The van der Waals surface area contributed by atoms with Gasteiger partial charge in [0.1, 0.15) is 5.82 Å². The molecule has 0 aliphatic rings. The van der Waals surface area contributed by atoms with Crippen LogP contribution in [0.4, 0.5) is 4.39 Å². The largest absolute Gasteiger partial charge is 0.462 e. The molecule has 4 nitrogen and oxygen atoms in total. The molecule has 0 aliphatic carbocycles. The van der Waals surface area contributed by atoms with E-state index in [4.69, 9.17) is 27.9 Å². The molecule has 31 heavy (non-hydrogen) atoms. The van der Waals surface area contributed by atoms with Crippen molar-refractivity contribution in [2.24, 2.45) is 0 Å². The van der Waals surface area contributed by atoms with Crippen LogP contribution in [0.3, 0.4) is 0 Å². The molecule has 0 fully saturated rings. The number of pyridine rings is 1. The first-order valence-corrected chi connectivity index (χ1v) is 10.2. The number of esters is 1. The van der Waals surface area contributed by atoms with Crippen molar-refractivity contribution in [2.75, 3.05) is 6.61 Å². The lowest BCUT2D eigenvalue weighted by atomic mass is 10.0. The van der Waals surface area contributed by atoms with Gasteiger partial charge in [-0.05, 0) is 55.0 Å². The van der Waals surface area contributed by atoms with E-state index in [9.17, 15) is 14.0 Å². The average Bonchev–Trinajstić information content (AvgIpc) is 3.15. The lowest BCUT2D eigenvalue weighted by Gasteiger charge is -2.07. The minimum Gasteiger partial charge on any atom is -0.462 e. The van der Waals surface area contributed by atoms with Crippen LogP contribution in [-0.4, -0.2) is 22.8 Å². The Hall–Kier alpha value is -3.15. The first kappa shape index (κ1) is 21.1. The lowest BCUT2D eigenvalue weighted by Crippen LogP contribution is -2.07. The fourth-order valence-electron chi connectivity index (χ4n) is 3.45. The summed E-state index contributed by atoms with van der Waals surface area (Å²) in [7, 11) is 0. The van der Waals surface area contributed by atoms with Crippen molar-refractivity contribution in [3.63, 3.8) is 0 Å².